The maximum Gasteiger partial charge on any atom is 0.311 e. The van der Waals surface area contributed by atoms with Gasteiger partial charge in [0.25, 0.3) is 0 Å². The molecule has 0 bridgehead atoms. The van der Waals surface area contributed by atoms with E-state index >= 15 is 0 Å². The number of nitro groups is 1. The van der Waals surface area contributed by atoms with Crippen LogP contribution in [0.2, 0.25) is 0 Å². The summed E-state index contributed by atoms with van der Waals surface area (Å²) in [4.78, 5) is 22.6. The van der Waals surface area contributed by atoms with Gasteiger partial charge in [-0.2, -0.15) is 0 Å². The van der Waals surface area contributed by atoms with Gasteiger partial charge < -0.3 is 4.74 Å². The van der Waals surface area contributed by atoms with E-state index in [0.717, 1.165) is 31.2 Å². The Hall–Kier alpha value is -1.91. The van der Waals surface area contributed by atoms with E-state index in [9.17, 15) is 14.9 Å². The Morgan fingerprint density at radius 2 is 2.00 bits per heavy atom. The van der Waals surface area contributed by atoms with Crippen LogP contribution in [0.25, 0.3) is 0 Å². The molecule has 20 heavy (non-hydrogen) atoms. The highest BCUT2D eigenvalue weighted by molar-refractivity contribution is 5.82. The molecule has 0 atom stereocenters. The van der Waals surface area contributed by atoms with Crippen molar-refractivity contribution in [1.82, 2.24) is 0 Å². The molecule has 1 aliphatic rings. The summed E-state index contributed by atoms with van der Waals surface area (Å²) >= 11 is 0. The number of hydrogen-bond donors (Lipinski definition) is 0. The minimum atomic E-state index is -0.463. The lowest BCUT2D eigenvalue weighted by Crippen LogP contribution is -2.19. The number of rotatable bonds is 5. The van der Waals surface area contributed by atoms with Gasteiger partial charge in [0.2, 0.25) is 5.75 Å². The van der Waals surface area contributed by atoms with Gasteiger partial charge in [0.15, 0.2) is 5.78 Å². The van der Waals surface area contributed by atoms with E-state index in [1.54, 1.807) is 13.8 Å². The fourth-order valence-electron chi connectivity index (χ4n) is 2.76. The molecule has 0 N–H and O–H groups in total. The number of ether oxygens (including phenoxy) is 1. The van der Waals surface area contributed by atoms with Crippen LogP contribution in [0.1, 0.15) is 36.8 Å². The molecule has 1 saturated carbocycles. The molecule has 0 unspecified atom stereocenters. The predicted octanol–water partition coefficient (Wildman–Crippen LogP) is 3.35. The highest BCUT2D eigenvalue weighted by Crippen LogP contribution is 2.32. The van der Waals surface area contributed by atoms with Gasteiger partial charge in [0, 0.05) is 12.0 Å². The fourth-order valence-corrected chi connectivity index (χ4v) is 2.76. The van der Waals surface area contributed by atoms with Gasteiger partial charge in [0.05, 0.1) is 4.92 Å². The Kier molecular flexibility index (Phi) is 4.37. The molecule has 0 amide bonds. The first-order valence-corrected chi connectivity index (χ1v) is 6.90. The lowest BCUT2D eigenvalue weighted by atomic mass is 10.0. The molecular formula is C15H19NO4. The summed E-state index contributed by atoms with van der Waals surface area (Å²) < 4.78 is 5.47. The van der Waals surface area contributed by atoms with E-state index in [0.29, 0.717) is 5.56 Å². The summed E-state index contributed by atoms with van der Waals surface area (Å²) in [6.07, 6.45) is 3.99. The van der Waals surface area contributed by atoms with Crippen LogP contribution in [0.3, 0.4) is 0 Å². The van der Waals surface area contributed by atoms with Crippen molar-refractivity contribution in [3.8, 4) is 5.75 Å². The quantitative estimate of drug-likeness (QED) is 0.611. The minimum absolute atomic E-state index is 0.0526. The van der Waals surface area contributed by atoms with Crippen molar-refractivity contribution < 1.29 is 14.5 Å². The Labute approximate surface area is 118 Å². The highest BCUT2D eigenvalue weighted by atomic mass is 16.6. The molecule has 0 heterocycles. The molecule has 108 valence electrons. The van der Waals surface area contributed by atoms with E-state index < -0.39 is 4.92 Å². The molecule has 0 spiro atoms. The molecule has 5 heteroatoms. The van der Waals surface area contributed by atoms with Crippen molar-refractivity contribution in [3.63, 3.8) is 0 Å². The van der Waals surface area contributed by atoms with Crippen LogP contribution < -0.4 is 4.74 Å². The Morgan fingerprint density at radius 1 is 1.35 bits per heavy atom. The summed E-state index contributed by atoms with van der Waals surface area (Å²) in [6.45, 7) is 3.48. The lowest BCUT2D eigenvalue weighted by molar-refractivity contribution is -0.385. The number of benzene rings is 1. The number of aryl methyl sites for hydroxylation is 2. The van der Waals surface area contributed by atoms with Gasteiger partial charge in [-0.1, -0.05) is 18.9 Å². The standard InChI is InChI=1S/C15H19NO4/c1-10-7-11(2)15(13(8-10)16(18)19)20-9-14(17)12-5-3-4-6-12/h7-8,12H,3-6,9H2,1-2H3. The average molecular weight is 277 g/mol. The van der Waals surface area contributed by atoms with Gasteiger partial charge >= 0.3 is 5.69 Å². The number of nitro benzene ring substituents is 1. The van der Waals surface area contributed by atoms with Gasteiger partial charge in [0.1, 0.15) is 6.61 Å². The van der Waals surface area contributed by atoms with Gasteiger partial charge in [-0.3, -0.25) is 14.9 Å². The summed E-state index contributed by atoms with van der Waals surface area (Å²) in [5, 5.41) is 11.1. The zero-order valence-corrected chi connectivity index (χ0v) is 11.8. The van der Waals surface area contributed by atoms with Crippen molar-refractivity contribution in [3.05, 3.63) is 33.4 Å². The molecule has 0 aliphatic heterocycles. The van der Waals surface area contributed by atoms with Crippen molar-refractivity contribution in [2.24, 2.45) is 5.92 Å². The normalized spacial score (nSPS) is 15.3. The molecule has 1 aromatic carbocycles. The lowest BCUT2D eigenvalue weighted by Gasteiger charge is -2.12. The van der Waals surface area contributed by atoms with Crippen LogP contribution in [0.15, 0.2) is 12.1 Å². The van der Waals surface area contributed by atoms with Crippen molar-refractivity contribution in [2.45, 2.75) is 39.5 Å². The van der Waals surface area contributed by atoms with Crippen LogP contribution in [0, 0.1) is 29.9 Å². The third-order valence-electron chi connectivity index (χ3n) is 3.77. The van der Waals surface area contributed by atoms with E-state index in [-0.39, 0.29) is 29.7 Å². The van der Waals surface area contributed by atoms with Gasteiger partial charge in [-0.05, 0) is 37.8 Å². The molecule has 0 radical (unpaired) electrons. The summed E-state index contributed by atoms with van der Waals surface area (Å²) in [7, 11) is 0. The van der Waals surface area contributed by atoms with Crippen LogP contribution >= 0.6 is 0 Å². The molecule has 1 fully saturated rings. The largest absolute Gasteiger partial charge is 0.479 e. The minimum Gasteiger partial charge on any atom is -0.479 e. The van der Waals surface area contributed by atoms with Gasteiger partial charge in [-0.15, -0.1) is 0 Å². The number of Topliss-reactive ketones (excluding diaryl/α,β-unsaturated/α-hetero) is 1. The summed E-state index contributed by atoms with van der Waals surface area (Å²) in [5.74, 6) is 0.337. The van der Waals surface area contributed by atoms with Crippen LogP contribution in [-0.4, -0.2) is 17.3 Å². The smallest absolute Gasteiger partial charge is 0.311 e. The topological polar surface area (TPSA) is 69.4 Å². The second-order valence-corrected chi connectivity index (χ2v) is 5.42. The first-order valence-electron chi connectivity index (χ1n) is 6.90. The third-order valence-corrected chi connectivity index (χ3v) is 3.77. The average Bonchev–Trinajstić information content (AvgIpc) is 2.90. The first-order chi connectivity index (χ1) is 9.49. The maximum absolute atomic E-state index is 12.0. The van der Waals surface area contributed by atoms with E-state index in [1.165, 1.54) is 6.07 Å². The van der Waals surface area contributed by atoms with E-state index in [2.05, 4.69) is 0 Å². The summed E-state index contributed by atoms with van der Waals surface area (Å²) in [5.41, 5.74) is 1.43. The van der Waals surface area contributed by atoms with E-state index in [1.807, 2.05) is 6.07 Å². The number of nitrogens with zero attached hydrogens (tertiary/aromatic N) is 1. The summed E-state index contributed by atoms with van der Waals surface area (Å²) in [6, 6.07) is 3.30. The zero-order chi connectivity index (χ0) is 14.7. The monoisotopic (exact) mass is 277 g/mol. The number of ketones is 1. The first kappa shape index (κ1) is 14.5. The number of carbonyl (C=O) groups excluding carboxylic acids is 1. The fraction of sp³-hybridized carbons (Fsp3) is 0.533. The van der Waals surface area contributed by atoms with Crippen molar-refractivity contribution in [1.29, 1.82) is 0 Å². The van der Waals surface area contributed by atoms with Crippen LogP contribution in [0.4, 0.5) is 5.69 Å². The van der Waals surface area contributed by atoms with Gasteiger partial charge in [-0.25, -0.2) is 0 Å². The number of hydrogen-bond acceptors (Lipinski definition) is 4. The molecule has 1 aromatic rings. The molecule has 2 rings (SSSR count). The molecule has 1 aliphatic carbocycles. The maximum atomic E-state index is 12.0. The second-order valence-electron chi connectivity index (χ2n) is 5.42. The second kappa shape index (κ2) is 6.03. The number of carbonyl (C=O) groups is 1. The van der Waals surface area contributed by atoms with Crippen molar-refractivity contribution >= 4 is 11.5 Å². The third kappa shape index (κ3) is 3.15. The van der Waals surface area contributed by atoms with Crippen LogP contribution in [-0.2, 0) is 4.79 Å². The van der Waals surface area contributed by atoms with Crippen molar-refractivity contribution in [2.75, 3.05) is 6.61 Å². The SMILES string of the molecule is Cc1cc(C)c(OCC(=O)C2CCCC2)c([N+](=O)[O-])c1. The molecular weight excluding hydrogens is 258 g/mol. The predicted molar refractivity (Wildman–Crippen MR) is 75.0 cm³/mol. The highest BCUT2D eigenvalue weighted by Gasteiger charge is 2.25. The Bertz CT molecular complexity index is 533. The zero-order valence-electron chi connectivity index (χ0n) is 11.8. The van der Waals surface area contributed by atoms with Crippen LogP contribution in [0.5, 0.6) is 5.75 Å². The van der Waals surface area contributed by atoms with E-state index in [4.69, 9.17) is 4.74 Å². The Morgan fingerprint density at radius 3 is 2.60 bits per heavy atom. The Balaban J connectivity index is 2.12. The molecule has 0 aromatic heterocycles. The molecule has 0 saturated heterocycles. The molecule has 5 nitrogen and oxygen atoms in total.